The lowest BCUT2D eigenvalue weighted by atomic mass is 10.3. The molecule has 3 rings (SSSR count). The molecule has 0 atom stereocenters. The Balaban J connectivity index is 1.97. The maximum atomic E-state index is 4.50. The molecule has 1 N–H and O–H groups in total. The molecule has 4 nitrogen and oxygen atoms in total. The van der Waals surface area contributed by atoms with Gasteiger partial charge < -0.3 is 0 Å². The standard InChI is InChI=1S/C17H15N4/c1-3-9-15(10-4-1)19-20-17(16-11-5-6-12-18-16)21-13-7-2-8-14-21/h1-14,19H/q+1. The highest BCUT2D eigenvalue weighted by atomic mass is 15.3. The number of nitrogens with zero attached hydrogens (tertiary/aromatic N) is 3. The molecule has 2 heterocycles. The average molecular weight is 275 g/mol. The zero-order chi connectivity index (χ0) is 14.3. The monoisotopic (exact) mass is 275 g/mol. The van der Waals surface area contributed by atoms with Crippen molar-refractivity contribution >= 4 is 11.5 Å². The Kier molecular flexibility index (Phi) is 3.98. The van der Waals surface area contributed by atoms with Crippen LogP contribution >= 0.6 is 0 Å². The van der Waals surface area contributed by atoms with Gasteiger partial charge in [0.05, 0.1) is 23.2 Å². The summed E-state index contributed by atoms with van der Waals surface area (Å²) >= 11 is 0. The molecule has 0 unspecified atom stereocenters. The van der Waals surface area contributed by atoms with Crippen LogP contribution in [0.5, 0.6) is 0 Å². The molecule has 0 amide bonds. The van der Waals surface area contributed by atoms with E-state index in [1.165, 1.54) is 0 Å². The minimum absolute atomic E-state index is 0.736. The van der Waals surface area contributed by atoms with E-state index in [2.05, 4.69) is 15.5 Å². The molecular formula is C17H15N4+. The molecule has 0 aliphatic heterocycles. The fraction of sp³-hybridized carbons (Fsp3) is 0. The van der Waals surface area contributed by atoms with Crippen LogP contribution in [0.1, 0.15) is 5.69 Å². The number of hydrazone groups is 1. The Hall–Kier alpha value is -3.01. The first-order valence-electron chi connectivity index (χ1n) is 6.70. The second-order valence-corrected chi connectivity index (χ2v) is 4.41. The van der Waals surface area contributed by atoms with Gasteiger partial charge in [0.25, 0.3) is 0 Å². The van der Waals surface area contributed by atoms with E-state index in [1.807, 2.05) is 83.7 Å². The van der Waals surface area contributed by atoms with Gasteiger partial charge in [-0.25, -0.2) is 4.98 Å². The molecule has 4 heteroatoms. The second kappa shape index (κ2) is 6.43. The summed E-state index contributed by atoms with van der Waals surface area (Å²) in [6, 6.07) is 21.5. The van der Waals surface area contributed by atoms with Crippen LogP contribution in [0.3, 0.4) is 0 Å². The molecule has 1 aromatic carbocycles. The van der Waals surface area contributed by atoms with E-state index >= 15 is 0 Å². The zero-order valence-electron chi connectivity index (χ0n) is 11.4. The maximum absolute atomic E-state index is 4.50. The van der Waals surface area contributed by atoms with E-state index in [9.17, 15) is 0 Å². The molecule has 2 aromatic heterocycles. The molecule has 0 aliphatic carbocycles. The lowest BCUT2D eigenvalue weighted by Crippen LogP contribution is -2.43. The summed E-state index contributed by atoms with van der Waals surface area (Å²) < 4.78 is 1.93. The third kappa shape index (κ3) is 3.30. The highest BCUT2D eigenvalue weighted by Gasteiger charge is 2.16. The lowest BCUT2D eigenvalue weighted by molar-refractivity contribution is -0.554. The Bertz CT molecular complexity index is 668. The Labute approximate surface area is 123 Å². The van der Waals surface area contributed by atoms with Gasteiger partial charge in [0.1, 0.15) is 0 Å². The van der Waals surface area contributed by atoms with Crippen LogP contribution in [0.15, 0.2) is 90.4 Å². The van der Waals surface area contributed by atoms with Crippen LogP contribution in [0.25, 0.3) is 0 Å². The van der Waals surface area contributed by atoms with Gasteiger partial charge in [-0.15, -0.1) is 0 Å². The van der Waals surface area contributed by atoms with E-state index in [0.29, 0.717) is 0 Å². The fourth-order valence-corrected chi connectivity index (χ4v) is 1.91. The summed E-state index contributed by atoms with van der Waals surface area (Å²) in [5.74, 6) is 0.736. The first-order valence-corrected chi connectivity index (χ1v) is 6.70. The van der Waals surface area contributed by atoms with Crippen LogP contribution in [0.4, 0.5) is 5.69 Å². The molecule has 0 aliphatic rings. The van der Waals surface area contributed by atoms with Crippen molar-refractivity contribution in [3.05, 3.63) is 91.0 Å². The summed E-state index contributed by atoms with van der Waals surface area (Å²) in [7, 11) is 0. The number of nitrogens with one attached hydrogen (secondary N) is 1. The van der Waals surface area contributed by atoms with Gasteiger partial charge in [0.15, 0.2) is 5.69 Å². The number of hydrogen-bond acceptors (Lipinski definition) is 3. The van der Waals surface area contributed by atoms with Gasteiger partial charge >= 0.3 is 5.84 Å². The summed E-state index contributed by atoms with van der Waals surface area (Å²) in [5, 5.41) is 4.50. The lowest BCUT2D eigenvalue weighted by Gasteiger charge is -2.00. The maximum Gasteiger partial charge on any atom is 0.378 e. The van der Waals surface area contributed by atoms with E-state index in [0.717, 1.165) is 17.2 Å². The van der Waals surface area contributed by atoms with Gasteiger partial charge in [-0.1, -0.05) is 30.3 Å². The summed E-state index contributed by atoms with van der Waals surface area (Å²) in [6.45, 7) is 0. The van der Waals surface area contributed by atoms with Gasteiger partial charge in [0, 0.05) is 6.20 Å². The number of aromatic nitrogens is 2. The van der Waals surface area contributed by atoms with Crippen molar-refractivity contribution in [1.29, 1.82) is 0 Å². The number of para-hydroxylation sites is 1. The molecule has 3 aromatic rings. The van der Waals surface area contributed by atoms with Crippen LogP contribution < -0.4 is 9.99 Å². The first-order chi connectivity index (χ1) is 10.4. The normalized spacial score (nSPS) is 11.1. The molecule has 0 radical (unpaired) electrons. The molecular weight excluding hydrogens is 260 g/mol. The third-order valence-corrected chi connectivity index (χ3v) is 2.92. The molecule has 0 fully saturated rings. The van der Waals surface area contributed by atoms with Crippen LogP contribution in [-0.4, -0.2) is 10.8 Å². The van der Waals surface area contributed by atoms with Crippen molar-refractivity contribution in [2.45, 2.75) is 0 Å². The van der Waals surface area contributed by atoms with Crippen molar-refractivity contribution in [2.75, 3.05) is 5.43 Å². The number of benzene rings is 1. The van der Waals surface area contributed by atoms with Gasteiger partial charge in [-0.3, -0.25) is 0 Å². The van der Waals surface area contributed by atoms with E-state index in [1.54, 1.807) is 6.20 Å². The smallest absolute Gasteiger partial charge is 0.248 e. The topological polar surface area (TPSA) is 41.2 Å². The van der Waals surface area contributed by atoms with Crippen LogP contribution in [-0.2, 0) is 0 Å². The number of hydrogen-bond donors (Lipinski definition) is 1. The fourth-order valence-electron chi connectivity index (χ4n) is 1.91. The largest absolute Gasteiger partial charge is 0.378 e. The van der Waals surface area contributed by atoms with Crippen molar-refractivity contribution in [2.24, 2.45) is 5.10 Å². The quantitative estimate of drug-likeness (QED) is 0.345. The third-order valence-electron chi connectivity index (χ3n) is 2.92. The van der Waals surface area contributed by atoms with Gasteiger partial charge in [0.2, 0.25) is 0 Å². The van der Waals surface area contributed by atoms with Gasteiger partial charge in [-0.05, 0) is 36.4 Å². The number of anilines is 1. The molecule has 0 saturated heterocycles. The van der Waals surface area contributed by atoms with Crippen molar-refractivity contribution in [3.63, 3.8) is 0 Å². The zero-order valence-corrected chi connectivity index (χ0v) is 11.4. The highest BCUT2D eigenvalue weighted by molar-refractivity contribution is 5.90. The predicted octanol–water partition coefficient (Wildman–Crippen LogP) is 2.69. The summed E-state index contributed by atoms with van der Waals surface area (Å²) in [4.78, 5) is 4.38. The van der Waals surface area contributed by atoms with E-state index in [4.69, 9.17) is 0 Å². The minimum Gasteiger partial charge on any atom is -0.248 e. The van der Waals surface area contributed by atoms with Crippen molar-refractivity contribution in [1.82, 2.24) is 4.98 Å². The number of pyridine rings is 2. The second-order valence-electron chi connectivity index (χ2n) is 4.41. The molecule has 102 valence electrons. The Morgan fingerprint density at radius 3 is 2.29 bits per heavy atom. The predicted molar refractivity (Wildman–Crippen MR) is 82.9 cm³/mol. The SMILES string of the molecule is c1ccc(NN=C(c2ccccn2)[n+]2ccccc2)cc1. The van der Waals surface area contributed by atoms with Crippen LogP contribution in [0.2, 0.25) is 0 Å². The van der Waals surface area contributed by atoms with E-state index in [-0.39, 0.29) is 0 Å². The molecule has 0 bridgehead atoms. The Morgan fingerprint density at radius 1 is 0.857 bits per heavy atom. The molecule has 21 heavy (non-hydrogen) atoms. The summed E-state index contributed by atoms with van der Waals surface area (Å²) in [5.41, 5.74) is 4.80. The average Bonchev–Trinajstić information content (AvgIpc) is 2.58. The minimum atomic E-state index is 0.736. The summed E-state index contributed by atoms with van der Waals surface area (Å²) in [6.07, 6.45) is 5.65. The van der Waals surface area contributed by atoms with Crippen molar-refractivity contribution in [3.8, 4) is 0 Å². The Morgan fingerprint density at radius 2 is 1.57 bits per heavy atom. The van der Waals surface area contributed by atoms with Crippen LogP contribution in [0, 0.1) is 0 Å². The first kappa shape index (κ1) is 13.0. The molecule has 0 spiro atoms. The van der Waals surface area contributed by atoms with Gasteiger partial charge in [-0.2, -0.15) is 9.99 Å². The number of rotatable bonds is 3. The molecule has 0 saturated carbocycles. The van der Waals surface area contributed by atoms with E-state index < -0.39 is 0 Å². The van der Waals surface area contributed by atoms with Crippen molar-refractivity contribution < 1.29 is 4.57 Å². The highest BCUT2D eigenvalue weighted by Crippen LogP contribution is 2.05.